The number of aliphatic hydroxyl groups excluding tert-OH is 1. The molecule has 1 spiro atoms. The van der Waals surface area contributed by atoms with E-state index in [1.54, 1.807) is 21.8 Å². The molecule has 4 heterocycles. The number of fused-ring (bicyclic) bond motifs is 2. The molecule has 3 aromatic rings. The van der Waals surface area contributed by atoms with Crippen LogP contribution in [0.2, 0.25) is 18.6 Å². The fourth-order valence-electron chi connectivity index (χ4n) is 8.95. The lowest BCUT2D eigenvalue weighted by atomic mass is 9.82. The normalized spacial score (nSPS) is 26.9. The Morgan fingerprint density at radius 1 is 1.04 bits per heavy atom. The summed E-state index contributed by atoms with van der Waals surface area (Å²) in [4.78, 5) is 47.7. The number of hydrogen-bond donors (Lipinski definition) is 2. The van der Waals surface area contributed by atoms with Crippen LogP contribution in [0.1, 0.15) is 31.7 Å². The molecule has 0 aliphatic carbocycles. The maximum absolute atomic E-state index is 15.2. The number of amides is 3. The van der Waals surface area contributed by atoms with Gasteiger partial charge in [0.15, 0.2) is 5.60 Å². The van der Waals surface area contributed by atoms with Gasteiger partial charge in [0.05, 0.1) is 52.6 Å². The lowest BCUT2D eigenvalue weighted by molar-refractivity contribution is -0.149. The number of ether oxygens (including phenoxy) is 2. The Morgan fingerprint density at radius 3 is 2.49 bits per heavy atom. The molecule has 3 amide bonds. The molecule has 3 aromatic carbocycles. The zero-order chi connectivity index (χ0) is 34.5. The zero-order valence-corrected chi connectivity index (χ0v) is 29.7. The molecule has 0 unspecified atom stereocenters. The average Bonchev–Trinajstić information content (AvgIpc) is 3.78. The van der Waals surface area contributed by atoms with E-state index in [2.05, 4.69) is 37.5 Å². The van der Waals surface area contributed by atoms with Gasteiger partial charge in [-0.05, 0) is 60.8 Å². The molecular weight excluding hydrogens is 637 g/mol. The van der Waals surface area contributed by atoms with Gasteiger partial charge in [0.2, 0.25) is 11.8 Å². The molecule has 0 radical (unpaired) electrons. The molecule has 3 saturated heterocycles. The predicted octanol–water partition coefficient (Wildman–Crippen LogP) is 3.90. The van der Waals surface area contributed by atoms with Crippen LogP contribution >= 0.6 is 0 Å². The third-order valence-electron chi connectivity index (χ3n) is 11.4. The summed E-state index contributed by atoms with van der Waals surface area (Å²) < 4.78 is 12.7. The summed E-state index contributed by atoms with van der Waals surface area (Å²) in [6.45, 7) is 8.69. The molecule has 0 bridgehead atoms. The number of para-hydroxylation sites is 1. The van der Waals surface area contributed by atoms with Crippen LogP contribution in [0.4, 0.5) is 17.1 Å². The number of carbonyl (C=O) groups is 3. The quantitative estimate of drug-likeness (QED) is 0.347. The fourth-order valence-corrected chi connectivity index (χ4v) is 13.0. The number of anilines is 3. The van der Waals surface area contributed by atoms with Crippen LogP contribution in [0.3, 0.4) is 0 Å². The van der Waals surface area contributed by atoms with Crippen LogP contribution in [0.15, 0.2) is 72.8 Å². The van der Waals surface area contributed by atoms with E-state index >= 15 is 4.79 Å². The average molecular weight is 683 g/mol. The van der Waals surface area contributed by atoms with E-state index in [0.717, 1.165) is 41.2 Å². The minimum Gasteiger partial charge on any atom is -0.497 e. The number of carbonyl (C=O) groups excluding carboxylic acids is 3. The Balaban J connectivity index is 1.37. The number of likely N-dealkylation sites (tertiary alicyclic amines) is 1. The van der Waals surface area contributed by atoms with Crippen LogP contribution in [-0.2, 0) is 24.7 Å². The SMILES string of the molecule is COc1ccc([Si](C)(C)[C@@H]2[C@@H](CC(=O)N3CCC[C@H]3CO)O[C@]3(C(=O)N(c4ccccc4)c4ccc(N5CCNCC5=O)cc43)[C@H]2C)cc1. The Bertz CT molecular complexity index is 1740. The van der Waals surface area contributed by atoms with E-state index < -0.39 is 19.8 Å². The Kier molecular flexibility index (Phi) is 8.89. The first-order valence-electron chi connectivity index (χ1n) is 17.4. The highest BCUT2D eigenvalue weighted by Crippen LogP contribution is 2.61. The maximum atomic E-state index is 15.2. The summed E-state index contributed by atoms with van der Waals surface area (Å²) in [6.07, 6.45) is 1.19. The first-order valence-corrected chi connectivity index (χ1v) is 20.5. The second kappa shape index (κ2) is 13.0. The molecule has 4 aliphatic rings. The molecule has 0 aromatic heterocycles. The van der Waals surface area contributed by atoms with Crippen LogP contribution < -0.4 is 25.0 Å². The molecule has 2 N–H and O–H groups in total. The number of nitrogens with zero attached hydrogens (tertiary/aromatic N) is 3. The minimum atomic E-state index is -2.49. The number of aliphatic hydroxyl groups is 1. The maximum Gasteiger partial charge on any atom is 0.268 e. The van der Waals surface area contributed by atoms with Crippen molar-refractivity contribution in [2.45, 2.75) is 62.6 Å². The molecule has 7 rings (SSSR count). The number of nitrogens with one attached hydrogen (secondary N) is 1. The van der Waals surface area contributed by atoms with Crippen molar-refractivity contribution >= 4 is 48.0 Å². The van der Waals surface area contributed by atoms with Crippen LogP contribution in [0.25, 0.3) is 0 Å². The van der Waals surface area contributed by atoms with Crippen LogP contribution in [-0.4, -0.2) is 87.8 Å². The number of hydrogen-bond acceptors (Lipinski definition) is 7. The molecule has 10 nitrogen and oxygen atoms in total. The summed E-state index contributed by atoms with van der Waals surface area (Å²) in [5, 5.41) is 14.4. The Morgan fingerprint density at radius 2 is 1.80 bits per heavy atom. The highest BCUT2D eigenvalue weighted by Gasteiger charge is 2.67. The van der Waals surface area contributed by atoms with Gasteiger partial charge in [-0.1, -0.05) is 55.5 Å². The third-order valence-corrected chi connectivity index (χ3v) is 15.8. The van der Waals surface area contributed by atoms with Gasteiger partial charge in [-0.15, -0.1) is 0 Å². The summed E-state index contributed by atoms with van der Waals surface area (Å²) >= 11 is 0. The second-order valence-electron chi connectivity index (χ2n) is 14.3. The van der Waals surface area contributed by atoms with Gasteiger partial charge in [0.25, 0.3) is 5.91 Å². The minimum absolute atomic E-state index is 0.0247. The molecule has 0 saturated carbocycles. The molecule has 5 atom stereocenters. The standard InChI is InChI=1S/C38H46N4O6Si/c1-25-36(49(3,4)30-15-13-29(47-2)14-16-30)33(22-34(44)40-19-8-11-28(40)24-43)48-38(25)31-21-27(41-20-18-39-23-35(41)45)12-17-32(31)42(37(38)46)26-9-6-5-7-10-26/h5-7,9-10,12-17,21,25,28,33,36,39,43H,8,11,18-20,22-24H2,1-4H3/t25-,28-,33+,36-,38+/m0/s1. The van der Waals surface area contributed by atoms with Crippen molar-refractivity contribution in [2.75, 3.05) is 49.7 Å². The van der Waals surface area contributed by atoms with E-state index in [0.29, 0.717) is 19.6 Å². The van der Waals surface area contributed by atoms with Gasteiger partial charge in [0, 0.05) is 42.5 Å². The number of rotatable bonds is 8. The van der Waals surface area contributed by atoms with Crippen molar-refractivity contribution in [3.8, 4) is 5.75 Å². The van der Waals surface area contributed by atoms with Crippen molar-refractivity contribution in [2.24, 2.45) is 5.92 Å². The van der Waals surface area contributed by atoms with Crippen LogP contribution in [0.5, 0.6) is 5.75 Å². The van der Waals surface area contributed by atoms with E-state index in [1.807, 2.05) is 60.7 Å². The topological polar surface area (TPSA) is 112 Å². The number of piperazine rings is 1. The van der Waals surface area contributed by atoms with Crippen molar-refractivity contribution in [1.29, 1.82) is 0 Å². The molecular formula is C38H46N4O6Si. The first-order chi connectivity index (χ1) is 23.6. The van der Waals surface area contributed by atoms with Crippen molar-refractivity contribution in [3.05, 3.63) is 78.4 Å². The van der Waals surface area contributed by atoms with Gasteiger partial charge in [-0.2, -0.15) is 0 Å². The van der Waals surface area contributed by atoms with E-state index in [4.69, 9.17) is 9.47 Å². The molecule has 49 heavy (non-hydrogen) atoms. The van der Waals surface area contributed by atoms with E-state index in [9.17, 15) is 14.7 Å². The molecule has 3 fully saturated rings. The van der Waals surface area contributed by atoms with Gasteiger partial charge < -0.3 is 29.7 Å². The molecule has 11 heteroatoms. The first kappa shape index (κ1) is 33.5. The smallest absolute Gasteiger partial charge is 0.268 e. The van der Waals surface area contributed by atoms with Gasteiger partial charge in [0.1, 0.15) is 5.75 Å². The summed E-state index contributed by atoms with van der Waals surface area (Å²) in [5.74, 6) is 0.198. The molecule has 4 aliphatic heterocycles. The highest BCUT2D eigenvalue weighted by molar-refractivity contribution is 6.91. The Labute approximate surface area is 289 Å². The summed E-state index contributed by atoms with van der Waals surface area (Å²) in [7, 11) is -0.836. The van der Waals surface area contributed by atoms with E-state index in [1.165, 1.54) is 5.19 Å². The second-order valence-corrected chi connectivity index (χ2v) is 19.0. The number of benzene rings is 3. The van der Waals surface area contributed by atoms with Gasteiger partial charge in [-0.25, -0.2) is 0 Å². The largest absolute Gasteiger partial charge is 0.497 e. The lowest BCUT2D eigenvalue weighted by Gasteiger charge is -2.37. The molecule has 258 valence electrons. The Hall–Kier alpha value is -4.03. The summed E-state index contributed by atoms with van der Waals surface area (Å²) in [5.41, 5.74) is 1.41. The van der Waals surface area contributed by atoms with Crippen molar-refractivity contribution < 1.29 is 29.0 Å². The lowest BCUT2D eigenvalue weighted by Crippen LogP contribution is -2.52. The zero-order valence-electron chi connectivity index (χ0n) is 28.7. The predicted molar refractivity (Wildman–Crippen MR) is 191 cm³/mol. The third kappa shape index (κ3) is 5.47. The monoisotopic (exact) mass is 682 g/mol. The van der Waals surface area contributed by atoms with Crippen LogP contribution in [0, 0.1) is 5.92 Å². The van der Waals surface area contributed by atoms with E-state index in [-0.39, 0.29) is 54.8 Å². The summed E-state index contributed by atoms with van der Waals surface area (Å²) in [6, 6.07) is 23.4. The highest BCUT2D eigenvalue weighted by atomic mass is 28.3. The van der Waals surface area contributed by atoms with Crippen molar-refractivity contribution in [1.82, 2.24) is 10.2 Å². The van der Waals surface area contributed by atoms with Crippen molar-refractivity contribution in [3.63, 3.8) is 0 Å². The number of methoxy groups -OCH3 is 1. The van der Waals surface area contributed by atoms with Gasteiger partial charge >= 0.3 is 0 Å². The fraction of sp³-hybridized carbons (Fsp3) is 0.447. The van der Waals surface area contributed by atoms with Gasteiger partial charge in [-0.3, -0.25) is 19.3 Å².